The van der Waals surface area contributed by atoms with Gasteiger partial charge in [0.25, 0.3) is 0 Å². The standard InChI is InChI=1S/C34H54N2O3/c1-8-25-17-29(16-23(4)30(25)9-2)34(35,38-7)14-12-28-18-26-22-39-33(19-27(20-33)24(5)37)31(26)21-32(28,6)13-11-15-36-10-3/h8,16-18,24,26-27,31,36-37H,1,9-15,19-22,35H2,2-7H3/p+1. The summed E-state index contributed by atoms with van der Waals surface area (Å²) in [6, 6.07) is 4.51. The van der Waals surface area contributed by atoms with Gasteiger partial charge < -0.3 is 25.6 Å². The maximum Gasteiger partial charge on any atom is 0.225 e. The van der Waals surface area contributed by atoms with Crippen LogP contribution in [0.1, 0.15) is 94.9 Å². The Morgan fingerprint density at radius 1 is 1.31 bits per heavy atom. The molecule has 1 saturated carbocycles. The van der Waals surface area contributed by atoms with Crippen LogP contribution in [0.3, 0.4) is 0 Å². The Kier molecular flexibility index (Phi) is 9.50. The van der Waals surface area contributed by atoms with Crippen molar-refractivity contribution < 1.29 is 20.3 Å². The summed E-state index contributed by atoms with van der Waals surface area (Å²) in [4.78, 5) is 0. The average molecular weight is 540 g/mol. The second-order valence-corrected chi connectivity index (χ2v) is 13.1. The van der Waals surface area contributed by atoms with Crippen molar-refractivity contribution in [3.05, 3.63) is 52.6 Å². The van der Waals surface area contributed by atoms with Gasteiger partial charge in [-0.25, -0.2) is 0 Å². The van der Waals surface area contributed by atoms with Crippen LogP contribution in [0.4, 0.5) is 0 Å². The first-order valence-corrected chi connectivity index (χ1v) is 15.5. The molecule has 1 spiro atoms. The van der Waals surface area contributed by atoms with E-state index in [1.165, 1.54) is 36.0 Å². The summed E-state index contributed by atoms with van der Waals surface area (Å²) < 4.78 is 12.7. The van der Waals surface area contributed by atoms with Crippen molar-refractivity contribution in [1.29, 1.82) is 0 Å². The fraction of sp³-hybridized carbons (Fsp3) is 0.706. The molecule has 218 valence electrons. The monoisotopic (exact) mass is 539 g/mol. The molecule has 0 bridgehead atoms. The number of aliphatic hydroxyl groups excluding tert-OH is 1. The Labute approximate surface area is 237 Å². The topological polar surface area (TPSA) is 78.4 Å². The van der Waals surface area contributed by atoms with Gasteiger partial charge in [0.2, 0.25) is 5.72 Å². The van der Waals surface area contributed by atoms with Crippen LogP contribution in [0.15, 0.2) is 30.4 Å². The minimum Gasteiger partial charge on any atom is -0.393 e. The number of quaternary nitrogens is 1. The van der Waals surface area contributed by atoms with Crippen molar-refractivity contribution in [1.82, 2.24) is 5.32 Å². The van der Waals surface area contributed by atoms with E-state index >= 15 is 0 Å². The van der Waals surface area contributed by atoms with E-state index < -0.39 is 5.72 Å². The smallest absolute Gasteiger partial charge is 0.225 e. The third kappa shape index (κ3) is 5.94. The van der Waals surface area contributed by atoms with Crippen LogP contribution in [0.2, 0.25) is 0 Å². The van der Waals surface area contributed by atoms with E-state index in [4.69, 9.17) is 9.47 Å². The van der Waals surface area contributed by atoms with Crippen LogP contribution >= 0.6 is 0 Å². The molecule has 39 heavy (non-hydrogen) atoms. The molecule has 5 heteroatoms. The summed E-state index contributed by atoms with van der Waals surface area (Å²) >= 11 is 0. The highest BCUT2D eigenvalue weighted by molar-refractivity contribution is 5.56. The SMILES string of the molecule is C=Cc1cc(C([NH3+])(CCC2=CC3COC4(CC(C(C)O)C4)C3CC2(C)CCCNCC)OC)cc(C)c1CC. The lowest BCUT2D eigenvalue weighted by atomic mass is 9.54. The fourth-order valence-corrected chi connectivity index (χ4v) is 7.94. The number of nitrogens with one attached hydrogen (secondary N) is 1. The second kappa shape index (κ2) is 12.2. The lowest BCUT2D eigenvalue weighted by Crippen LogP contribution is -2.71. The van der Waals surface area contributed by atoms with Crippen molar-refractivity contribution in [2.75, 3.05) is 26.8 Å². The molecule has 5 nitrogen and oxygen atoms in total. The minimum atomic E-state index is -0.608. The van der Waals surface area contributed by atoms with Crippen LogP contribution < -0.4 is 11.1 Å². The first-order valence-electron chi connectivity index (χ1n) is 15.5. The van der Waals surface area contributed by atoms with Gasteiger partial charge in [0.05, 0.1) is 18.3 Å². The van der Waals surface area contributed by atoms with E-state index in [0.717, 1.165) is 57.4 Å². The average Bonchev–Trinajstić information content (AvgIpc) is 3.26. The zero-order valence-corrected chi connectivity index (χ0v) is 25.6. The lowest BCUT2D eigenvalue weighted by molar-refractivity contribution is -0.566. The Bertz CT molecular complexity index is 1040. The van der Waals surface area contributed by atoms with Crippen molar-refractivity contribution in [3.8, 4) is 0 Å². The number of rotatable bonds is 13. The van der Waals surface area contributed by atoms with Gasteiger partial charge in [0.15, 0.2) is 0 Å². The molecule has 4 rings (SSSR count). The molecule has 1 aliphatic heterocycles. The van der Waals surface area contributed by atoms with Gasteiger partial charge in [-0.1, -0.05) is 45.1 Å². The number of allylic oxidation sites excluding steroid dienone is 1. The highest BCUT2D eigenvalue weighted by Crippen LogP contribution is 2.61. The Balaban J connectivity index is 1.58. The van der Waals surface area contributed by atoms with E-state index in [0.29, 0.717) is 17.8 Å². The number of aliphatic hydroxyl groups is 1. The summed E-state index contributed by atoms with van der Waals surface area (Å²) in [5, 5.41) is 13.7. The maximum atomic E-state index is 10.2. The molecule has 5 atom stereocenters. The number of hydrogen-bond acceptors (Lipinski definition) is 4. The van der Waals surface area contributed by atoms with Gasteiger partial charge in [-0.15, -0.1) is 0 Å². The van der Waals surface area contributed by atoms with E-state index in [1.54, 1.807) is 12.7 Å². The first kappa shape index (κ1) is 30.5. The molecule has 5 N–H and O–H groups in total. The summed E-state index contributed by atoms with van der Waals surface area (Å²) in [6.45, 7) is 18.0. The molecule has 1 heterocycles. The highest BCUT2D eigenvalue weighted by atomic mass is 16.5. The Hall–Kier alpha value is -1.50. The molecule has 5 unspecified atom stereocenters. The van der Waals surface area contributed by atoms with E-state index in [9.17, 15) is 5.11 Å². The summed E-state index contributed by atoms with van der Waals surface area (Å²) in [5.74, 6) is 1.40. The van der Waals surface area contributed by atoms with Gasteiger partial charge in [-0.05, 0) is 118 Å². The molecule has 0 amide bonds. The molecule has 2 fully saturated rings. The van der Waals surface area contributed by atoms with Crippen LogP contribution in [0.5, 0.6) is 0 Å². The van der Waals surface area contributed by atoms with E-state index in [-0.39, 0.29) is 17.1 Å². The third-order valence-electron chi connectivity index (χ3n) is 10.6. The number of ether oxygens (including phenoxy) is 2. The molecule has 0 radical (unpaired) electrons. The van der Waals surface area contributed by atoms with Gasteiger partial charge in [-0.2, -0.15) is 0 Å². The molecule has 3 aliphatic rings. The highest BCUT2D eigenvalue weighted by Gasteiger charge is 2.60. The first-order chi connectivity index (χ1) is 18.5. The van der Waals surface area contributed by atoms with Gasteiger partial charge in [-0.3, -0.25) is 0 Å². The Morgan fingerprint density at radius 3 is 2.67 bits per heavy atom. The van der Waals surface area contributed by atoms with Crippen molar-refractivity contribution in [2.45, 2.75) is 103 Å². The van der Waals surface area contributed by atoms with E-state index in [1.807, 2.05) is 13.0 Å². The van der Waals surface area contributed by atoms with Crippen molar-refractivity contribution in [2.24, 2.45) is 23.2 Å². The second-order valence-electron chi connectivity index (χ2n) is 13.1. The zero-order valence-electron chi connectivity index (χ0n) is 25.6. The summed E-state index contributed by atoms with van der Waals surface area (Å²) in [6.07, 6.45) is 12.6. The largest absolute Gasteiger partial charge is 0.393 e. The predicted octanol–water partition coefficient (Wildman–Crippen LogP) is 5.54. The van der Waals surface area contributed by atoms with Crippen LogP contribution in [-0.2, 0) is 21.6 Å². The normalized spacial score (nSPS) is 32.3. The quantitative estimate of drug-likeness (QED) is 0.175. The van der Waals surface area contributed by atoms with Crippen LogP contribution in [0, 0.1) is 30.1 Å². The molecule has 1 aromatic rings. The predicted molar refractivity (Wildman–Crippen MR) is 160 cm³/mol. The molecule has 2 aliphatic carbocycles. The Morgan fingerprint density at radius 2 is 2.05 bits per heavy atom. The number of methoxy groups -OCH3 is 1. The molecule has 1 saturated heterocycles. The fourth-order valence-electron chi connectivity index (χ4n) is 7.94. The van der Waals surface area contributed by atoms with Gasteiger partial charge >= 0.3 is 0 Å². The maximum absolute atomic E-state index is 10.2. The summed E-state index contributed by atoms with van der Waals surface area (Å²) in [7, 11) is 1.80. The minimum absolute atomic E-state index is 0.0283. The third-order valence-corrected chi connectivity index (χ3v) is 10.6. The molecule has 1 aromatic carbocycles. The van der Waals surface area contributed by atoms with Crippen molar-refractivity contribution >= 4 is 6.08 Å². The number of aryl methyl sites for hydroxylation is 1. The number of hydrogen-bond donors (Lipinski definition) is 3. The number of benzene rings is 1. The van der Waals surface area contributed by atoms with Crippen molar-refractivity contribution in [3.63, 3.8) is 0 Å². The van der Waals surface area contributed by atoms with Crippen LogP contribution in [0.25, 0.3) is 6.08 Å². The molecular weight excluding hydrogens is 484 g/mol. The number of fused-ring (bicyclic) bond motifs is 2. The lowest BCUT2D eigenvalue weighted by Gasteiger charge is -2.53. The summed E-state index contributed by atoms with van der Waals surface area (Å²) in [5.41, 5.74) is 10.7. The van der Waals surface area contributed by atoms with E-state index in [2.05, 4.69) is 63.5 Å². The molecular formula is C34H55N2O3+. The molecule has 0 aromatic heterocycles. The van der Waals surface area contributed by atoms with Gasteiger partial charge in [0, 0.05) is 25.0 Å². The zero-order chi connectivity index (χ0) is 28.4. The van der Waals surface area contributed by atoms with Gasteiger partial charge in [0.1, 0.15) is 0 Å². The van der Waals surface area contributed by atoms with Crippen LogP contribution in [-0.4, -0.2) is 43.6 Å².